The zero-order valence-corrected chi connectivity index (χ0v) is 18.0. The Morgan fingerprint density at radius 3 is 2.72 bits per heavy atom. The van der Waals surface area contributed by atoms with Gasteiger partial charge in [-0.15, -0.1) is 24.0 Å². The fraction of sp³-hybridized carbons (Fsp3) is 0.389. The predicted molar refractivity (Wildman–Crippen MR) is 115 cm³/mol. The maximum Gasteiger partial charge on any atom is 0.194 e. The molecule has 0 amide bonds. The largest absolute Gasteiger partial charge is 0.508 e. The lowest BCUT2D eigenvalue weighted by atomic mass is 10.1. The number of benzene rings is 1. The van der Waals surface area contributed by atoms with Crippen LogP contribution in [0, 0.1) is 0 Å². The van der Waals surface area contributed by atoms with Crippen molar-refractivity contribution in [3.05, 3.63) is 52.8 Å². The molecular formula is C18H26ClIN4O. The first-order chi connectivity index (χ1) is 11.5. The number of hydrogen-bond acceptors (Lipinski definition) is 2. The van der Waals surface area contributed by atoms with E-state index in [1.807, 2.05) is 43.1 Å². The summed E-state index contributed by atoms with van der Waals surface area (Å²) in [6, 6.07) is 9.27. The van der Waals surface area contributed by atoms with Gasteiger partial charge in [-0.3, -0.25) is 4.99 Å². The lowest BCUT2D eigenvalue weighted by Gasteiger charge is -2.22. The Labute approximate surface area is 171 Å². The van der Waals surface area contributed by atoms with Gasteiger partial charge in [0.1, 0.15) is 5.75 Å². The van der Waals surface area contributed by atoms with E-state index in [2.05, 4.69) is 22.1 Å². The normalized spacial score (nSPS) is 11.1. The van der Waals surface area contributed by atoms with Crippen LogP contribution in [0.1, 0.15) is 18.2 Å². The van der Waals surface area contributed by atoms with Crippen LogP contribution in [0.4, 0.5) is 0 Å². The average Bonchev–Trinajstić information content (AvgIpc) is 2.84. The van der Waals surface area contributed by atoms with Crippen LogP contribution in [0.2, 0.25) is 5.02 Å². The van der Waals surface area contributed by atoms with E-state index in [0.29, 0.717) is 12.3 Å². The molecule has 0 aliphatic heterocycles. The SMILES string of the molecule is CCNC(=NCCc1cccc(O)c1)N(C)Cc1cc(Cl)cn1C.I. The summed E-state index contributed by atoms with van der Waals surface area (Å²) < 4.78 is 2.02. The van der Waals surface area contributed by atoms with Crippen molar-refractivity contribution in [2.45, 2.75) is 19.9 Å². The van der Waals surface area contributed by atoms with E-state index in [4.69, 9.17) is 11.6 Å². The summed E-state index contributed by atoms with van der Waals surface area (Å²) in [5.41, 5.74) is 2.20. The van der Waals surface area contributed by atoms with Crippen LogP contribution in [0.3, 0.4) is 0 Å². The minimum absolute atomic E-state index is 0. The number of aromatic hydroxyl groups is 1. The number of aryl methyl sites for hydroxylation is 1. The average molecular weight is 477 g/mol. The van der Waals surface area contributed by atoms with E-state index >= 15 is 0 Å². The van der Waals surface area contributed by atoms with Crippen LogP contribution in [-0.2, 0) is 20.0 Å². The van der Waals surface area contributed by atoms with Gasteiger partial charge in [0.25, 0.3) is 0 Å². The first-order valence-electron chi connectivity index (χ1n) is 8.07. The Balaban J connectivity index is 0.00000312. The number of nitrogens with zero attached hydrogens (tertiary/aromatic N) is 3. The summed E-state index contributed by atoms with van der Waals surface area (Å²) in [6.07, 6.45) is 2.68. The van der Waals surface area contributed by atoms with E-state index in [0.717, 1.165) is 41.7 Å². The van der Waals surface area contributed by atoms with Gasteiger partial charge in [0.05, 0.1) is 11.6 Å². The van der Waals surface area contributed by atoms with Crippen molar-refractivity contribution in [3.63, 3.8) is 0 Å². The molecule has 2 rings (SSSR count). The standard InChI is InChI=1S/C18H25ClN4O.HI/c1-4-20-18(21-9-8-14-6-5-7-17(24)10-14)23(3)13-16-11-15(19)12-22(16)2;/h5-7,10-12,24H,4,8-9,13H2,1-3H3,(H,20,21);1H. The van der Waals surface area contributed by atoms with Crippen LogP contribution >= 0.6 is 35.6 Å². The highest BCUT2D eigenvalue weighted by atomic mass is 127. The van der Waals surface area contributed by atoms with Gasteiger partial charge in [-0.2, -0.15) is 0 Å². The highest BCUT2D eigenvalue weighted by Crippen LogP contribution is 2.14. The Kier molecular flexibility index (Phi) is 9.13. The molecule has 0 atom stereocenters. The molecule has 138 valence electrons. The molecule has 1 aromatic carbocycles. The number of nitrogens with one attached hydrogen (secondary N) is 1. The first-order valence-corrected chi connectivity index (χ1v) is 8.45. The van der Waals surface area contributed by atoms with E-state index in [-0.39, 0.29) is 24.0 Å². The fourth-order valence-electron chi connectivity index (χ4n) is 2.51. The van der Waals surface area contributed by atoms with Crippen LogP contribution in [0.5, 0.6) is 5.75 Å². The van der Waals surface area contributed by atoms with Crippen molar-refractivity contribution in [1.82, 2.24) is 14.8 Å². The molecule has 0 spiro atoms. The molecule has 0 aliphatic rings. The number of phenolic OH excluding ortho intramolecular Hbond substituents is 1. The van der Waals surface area contributed by atoms with Gasteiger partial charge in [0.15, 0.2) is 5.96 Å². The monoisotopic (exact) mass is 476 g/mol. The molecule has 0 saturated heterocycles. The predicted octanol–water partition coefficient (Wildman–Crippen LogP) is 3.64. The highest BCUT2D eigenvalue weighted by molar-refractivity contribution is 14.0. The van der Waals surface area contributed by atoms with Crippen molar-refractivity contribution >= 4 is 41.5 Å². The molecular weight excluding hydrogens is 451 g/mol. The molecule has 25 heavy (non-hydrogen) atoms. The zero-order valence-electron chi connectivity index (χ0n) is 14.9. The van der Waals surface area contributed by atoms with E-state index < -0.39 is 0 Å². The van der Waals surface area contributed by atoms with Gasteiger partial charge in [0.2, 0.25) is 0 Å². The summed E-state index contributed by atoms with van der Waals surface area (Å²) in [7, 11) is 4.00. The van der Waals surface area contributed by atoms with Gasteiger partial charge >= 0.3 is 0 Å². The van der Waals surface area contributed by atoms with Crippen molar-refractivity contribution < 1.29 is 5.11 Å². The second-order valence-corrected chi connectivity index (χ2v) is 6.21. The first kappa shape index (κ1) is 21.6. The summed E-state index contributed by atoms with van der Waals surface area (Å²) in [4.78, 5) is 6.76. The third-order valence-electron chi connectivity index (χ3n) is 3.74. The topological polar surface area (TPSA) is 52.8 Å². The van der Waals surface area contributed by atoms with Crippen LogP contribution in [0.15, 0.2) is 41.5 Å². The van der Waals surface area contributed by atoms with Crippen molar-refractivity contribution in [3.8, 4) is 5.75 Å². The molecule has 0 radical (unpaired) electrons. The molecule has 0 saturated carbocycles. The van der Waals surface area contributed by atoms with E-state index in [1.165, 1.54) is 0 Å². The van der Waals surface area contributed by atoms with Gasteiger partial charge in [-0.05, 0) is 37.1 Å². The van der Waals surface area contributed by atoms with Crippen molar-refractivity contribution in [1.29, 1.82) is 0 Å². The Morgan fingerprint density at radius 2 is 2.12 bits per heavy atom. The molecule has 2 aromatic rings. The number of halogens is 2. The smallest absolute Gasteiger partial charge is 0.194 e. The third-order valence-corrected chi connectivity index (χ3v) is 3.95. The lowest BCUT2D eigenvalue weighted by molar-refractivity contribution is 0.462. The maximum atomic E-state index is 9.52. The Hall–Kier alpha value is -1.41. The number of hydrogen-bond donors (Lipinski definition) is 2. The Morgan fingerprint density at radius 1 is 1.36 bits per heavy atom. The molecule has 2 N–H and O–H groups in total. The van der Waals surface area contributed by atoms with Crippen LogP contribution < -0.4 is 5.32 Å². The van der Waals surface area contributed by atoms with Gasteiger partial charge in [0, 0.05) is 39.1 Å². The number of aliphatic imine (C=N–C) groups is 1. The van der Waals surface area contributed by atoms with Crippen LogP contribution in [-0.4, -0.2) is 40.7 Å². The number of rotatable bonds is 6. The summed E-state index contributed by atoms with van der Waals surface area (Å²) >= 11 is 6.05. The Bertz CT molecular complexity index is 702. The van der Waals surface area contributed by atoms with Gasteiger partial charge in [-0.25, -0.2) is 0 Å². The van der Waals surface area contributed by atoms with E-state index in [1.54, 1.807) is 12.1 Å². The van der Waals surface area contributed by atoms with Crippen molar-refractivity contribution in [2.24, 2.45) is 12.0 Å². The van der Waals surface area contributed by atoms with Crippen LogP contribution in [0.25, 0.3) is 0 Å². The number of guanidine groups is 1. The number of aromatic nitrogens is 1. The summed E-state index contributed by atoms with van der Waals surface area (Å²) in [5.74, 6) is 1.15. The highest BCUT2D eigenvalue weighted by Gasteiger charge is 2.09. The van der Waals surface area contributed by atoms with Gasteiger partial charge in [-0.1, -0.05) is 23.7 Å². The third kappa shape index (κ3) is 6.78. The minimum Gasteiger partial charge on any atom is -0.508 e. The van der Waals surface area contributed by atoms with E-state index in [9.17, 15) is 5.11 Å². The summed E-state index contributed by atoms with van der Waals surface area (Å²) in [6.45, 7) is 4.24. The quantitative estimate of drug-likeness (QED) is 0.380. The molecule has 0 bridgehead atoms. The van der Waals surface area contributed by atoms with Crippen molar-refractivity contribution in [2.75, 3.05) is 20.1 Å². The molecule has 1 heterocycles. The molecule has 0 fully saturated rings. The second kappa shape index (κ2) is 10.6. The molecule has 5 nitrogen and oxygen atoms in total. The zero-order chi connectivity index (χ0) is 17.5. The number of phenols is 1. The molecule has 1 aromatic heterocycles. The second-order valence-electron chi connectivity index (χ2n) is 5.77. The lowest BCUT2D eigenvalue weighted by Crippen LogP contribution is -2.39. The maximum absolute atomic E-state index is 9.52. The fourth-order valence-corrected chi connectivity index (χ4v) is 2.79. The molecule has 0 aliphatic carbocycles. The minimum atomic E-state index is 0. The van der Waals surface area contributed by atoms with Gasteiger partial charge < -0.3 is 19.9 Å². The molecule has 7 heteroatoms. The summed E-state index contributed by atoms with van der Waals surface area (Å²) in [5, 5.41) is 13.6. The molecule has 0 unspecified atom stereocenters.